The zero-order chi connectivity index (χ0) is 19.1. The van der Waals surface area contributed by atoms with E-state index in [1.54, 1.807) is 0 Å². The second kappa shape index (κ2) is 7.34. The van der Waals surface area contributed by atoms with Crippen LogP contribution < -0.4 is 5.32 Å². The van der Waals surface area contributed by atoms with Gasteiger partial charge >= 0.3 is 0 Å². The number of hydrogen-bond donors (Lipinski definition) is 1. The van der Waals surface area contributed by atoms with E-state index >= 15 is 0 Å². The molecule has 0 amide bonds. The summed E-state index contributed by atoms with van der Waals surface area (Å²) >= 11 is 0. The summed E-state index contributed by atoms with van der Waals surface area (Å²) in [5.41, 5.74) is 9.40. The molecule has 28 heavy (non-hydrogen) atoms. The predicted octanol–water partition coefficient (Wildman–Crippen LogP) is 4.71. The molecule has 4 heteroatoms. The first kappa shape index (κ1) is 17.9. The van der Waals surface area contributed by atoms with Crippen LogP contribution in [-0.4, -0.2) is 23.2 Å². The Hall–Kier alpha value is -2.17. The lowest BCUT2D eigenvalue weighted by Crippen LogP contribution is -2.16. The van der Waals surface area contributed by atoms with Gasteiger partial charge in [-0.1, -0.05) is 18.2 Å². The molecule has 4 nitrogen and oxygen atoms in total. The Balaban J connectivity index is 1.49. The number of aryl methyl sites for hydroxylation is 2. The summed E-state index contributed by atoms with van der Waals surface area (Å²) in [4.78, 5) is 4.68. The Bertz CT molecular complexity index is 1000. The number of benzene rings is 2. The van der Waals surface area contributed by atoms with Crippen molar-refractivity contribution in [3.05, 3.63) is 64.5 Å². The maximum atomic E-state index is 5.98. The zero-order valence-electron chi connectivity index (χ0n) is 16.9. The fourth-order valence-electron chi connectivity index (χ4n) is 4.82. The summed E-state index contributed by atoms with van der Waals surface area (Å²) in [5, 5.41) is 3.41. The van der Waals surface area contributed by atoms with Gasteiger partial charge in [-0.3, -0.25) is 0 Å². The van der Waals surface area contributed by atoms with E-state index in [0.717, 1.165) is 31.5 Å². The second-order valence-corrected chi connectivity index (χ2v) is 8.31. The van der Waals surface area contributed by atoms with Crippen LogP contribution in [0.25, 0.3) is 11.0 Å². The molecule has 1 fully saturated rings. The van der Waals surface area contributed by atoms with E-state index in [1.165, 1.54) is 52.6 Å². The monoisotopic (exact) mass is 375 g/mol. The number of imidazole rings is 1. The largest absolute Gasteiger partial charge is 0.374 e. The smallest absolute Gasteiger partial charge is 0.0961 e. The third kappa shape index (κ3) is 3.15. The van der Waals surface area contributed by atoms with Crippen molar-refractivity contribution in [2.75, 3.05) is 13.7 Å². The number of aromatic nitrogens is 2. The van der Waals surface area contributed by atoms with E-state index in [-0.39, 0.29) is 6.10 Å². The van der Waals surface area contributed by atoms with Crippen LogP contribution in [0.3, 0.4) is 0 Å². The van der Waals surface area contributed by atoms with E-state index < -0.39 is 0 Å². The molecule has 2 heterocycles. The first-order valence-corrected chi connectivity index (χ1v) is 10.6. The van der Waals surface area contributed by atoms with Gasteiger partial charge in [-0.15, -0.1) is 0 Å². The minimum Gasteiger partial charge on any atom is -0.374 e. The SMILES string of the molecule is CNC(C)c1cc(Cn2cnc3cc4c(cc32)CCC4)ccc1[C@@H]1CCCO1. The number of nitrogens with zero attached hydrogens (tertiary/aromatic N) is 2. The molecule has 146 valence electrons. The molecule has 0 spiro atoms. The zero-order valence-corrected chi connectivity index (χ0v) is 16.9. The summed E-state index contributed by atoms with van der Waals surface area (Å²) in [5.74, 6) is 0. The minimum absolute atomic E-state index is 0.247. The maximum absolute atomic E-state index is 5.98. The number of fused-ring (bicyclic) bond motifs is 2. The molecule has 1 N–H and O–H groups in total. The van der Waals surface area contributed by atoms with Gasteiger partial charge in [0.2, 0.25) is 0 Å². The highest BCUT2D eigenvalue weighted by Gasteiger charge is 2.23. The molecule has 1 aliphatic heterocycles. The highest BCUT2D eigenvalue weighted by Crippen LogP contribution is 2.34. The van der Waals surface area contributed by atoms with E-state index in [2.05, 4.69) is 52.1 Å². The summed E-state index contributed by atoms with van der Waals surface area (Å²) in [7, 11) is 2.03. The van der Waals surface area contributed by atoms with Gasteiger partial charge in [-0.05, 0) is 86.0 Å². The molecule has 2 aromatic carbocycles. The Morgan fingerprint density at radius 2 is 2.04 bits per heavy atom. The molecule has 2 atom stereocenters. The topological polar surface area (TPSA) is 39.1 Å². The number of ether oxygens (including phenoxy) is 1. The fourth-order valence-corrected chi connectivity index (χ4v) is 4.82. The van der Waals surface area contributed by atoms with E-state index in [9.17, 15) is 0 Å². The lowest BCUT2D eigenvalue weighted by atomic mass is 9.94. The van der Waals surface area contributed by atoms with Crippen LogP contribution >= 0.6 is 0 Å². The van der Waals surface area contributed by atoms with Gasteiger partial charge in [-0.25, -0.2) is 4.98 Å². The summed E-state index contributed by atoms with van der Waals surface area (Å²) < 4.78 is 8.27. The van der Waals surface area contributed by atoms with Crippen LogP contribution in [0.5, 0.6) is 0 Å². The van der Waals surface area contributed by atoms with Crippen molar-refractivity contribution in [2.45, 2.75) is 57.7 Å². The Kier molecular flexibility index (Phi) is 4.69. The molecule has 3 aromatic rings. The molecular formula is C24H29N3O. The molecular weight excluding hydrogens is 346 g/mol. The van der Waals surface area contributed by atoms with Crippen molar-refractivity contribution in [2.24, 2.45) is 0 Å². The third-order valence-electron chi connectivity index (χ3n) is 6.51. The van der Waals surface area contributed by atoms with Gasteiger partial charge in [-0.2, -0.15) is 0 Å². The molecule has 2 aliphatic rings. The quantitative estimate of drug-likeness (QED) is 0.702. The van der Waals surface area contributed by atoms with Crippen molar-refractivity contribution in [1.29, 1.82) is 0 Å². The molecule has 1 aromatic heterocycles. The van der Waals surface area contributed by atoms with Crippen molar-refractivity contribution < 1.29 is 4.74 Å². The molecule has 1 saturated heterocycles. The summed E-state index contributed by atoms with van der Waals surface area (Å²) in [6.45, 7) is 3.96. The Labute approximate surface area is 166 Å². The van der Waals surface area contributed by atoms with E-state index in [0.29, 0.717) is 6.04 Å². The molecule has 5 rings (SSSR count). The fraction of sp³-hybridized carbons (Fsp3) is 0.458. The van der Waals surface area contributed by atoms with Gasteiger partial charge in [0, 0.05) is 19.2 Å². The standard InChI is InChI=1S/C24H29N3O/c1-16(25-2)21-11-17(8-9-20(21)24-7-4-10-28-24)14-27-15-26-22-12-18-5-3-6-19(18)13-23(22)27/h8-9,11-13,15-16,24-25H,3-7,10,14H2,1-2H3/t16?,24-/m0/s1. The normalized spacial score (nSPS) is 20.0. The Morgan fingerprint density at radius 3 is 2.82 bits per heavy atom. The van der Waals surface area contributed by atoms with Crippen molar-refractivity contribution >= 4 is 11.0 Å². The summed E-state index contributed by atoms with van der Waals surface area (Å²) in [6.07, 6.45) is 8.21. The highest BCUT2D eigenvalue weighted by atomic mass is 16.5. The lowest BCUT2D eigenvalue weighted by Gasteiger charge is -2.21. The average molecular weight is 376 g/mol. The average Bonchev–Trinajstić information content (AvgIpc) is 3.47. The van der Waals surface area contributed by atoms with Gasteiger partial charge < -0.3 is 14.6 Å². The van der Waals surface area contributed by atoms with Gasteiger partial charge in [0.15, 0.2) is 0 Å². The van der Waals surface area contributed by atoms with E-state index in [1.807, 2.05) is 13.4 Å². The van der Waals surface area contributed by atoms with Gasteiger partial charge in [0.25, 0.3) is 0 Å². The van der Waals surface area contributed by atoms with Gasteiger partial charge in [0.1, 0.15) is 0 Å². The lowest BCUT2D eigenvalue weighted by molar-refractivity contribution is 0.111. The number of rotatable bonds is 5. The Morgan fingerprint density at radius 1 is 1.18 bits per heavy atom. The van der Waals surface area contributed by atoms with Crippen LogP contribution in [0.4, 0.5) is 0 Å². The van der Waals surface area contributed by atoms with E-state index in [4.69, 9.17) is 4.74 Å². The molecule has 0 radical (unpaired) electrons. The van der Waals surface area contributed by atoms with Crippen molar-refractivity contribution in [3.63, 3.8) is 0 Å². The van der Waals surface area contributed by atoms with Crippen LogP contribution in [0.15, 0.2) is 36.7 Å². The molecule has 0 saturated carbocycles. The molecule has 0 bridgehead atoms. The van der Waals surface area contributed by atoms with Crippen LogP contribution in [0.1, 0.15) is 66.1 Å². The summed E-state index contributed by atoms with van der Waals surface area (Å²) in [6, 6.07) is 11.9. The molecule has 1 unspecified atom stereocenters. The number of hydrogen-bond acceptors (Lipinski definition) is 3. The molecule has 1 aliphatic carbocycles. The maximum Gasteiger partial charge on any atom is 0.0961 e. The van der Waals surface area contributed by atoms with Crippen LogP contribution in [-0.2, 0) is 24.1 Å². The van der Waals surface area contributed by atoms with Crippen molar-refractivity contribution in [3.8, 4) is 0 Å². The third-order valence-corrected chi connectivity index (χ3v) is 6.51. The number of nitrogens with one attached hydrogen (secondary N) is 1. The van der Waals surface area contributed by atoms with Crippen molar-refractivity contribution in [1.82, 2.24) is 14.9 Å². The highest BCUT2D eigenvalue weighted by molar-refractivity contribution is 5.78. The predicted molar refractivity (Wildman–Crippen MR) is 113 cm³/mol. The second-order valence-electron chi connectivity index (χ2n) is 8.31. The first-order chi connectivity index (χ1) is 13.7. The van der Waals surface area contributed by atoms with Gasteiger partial charge in [0.05, 0.1) is 23.5 Å². The minimum atomic E-state index is 0.247. The van der Waals surface area contributed by atoms with Crippen LogP contribution in [0.2, 0.25) is 0 Å². The first-order valence-electron chi connectivity index (χ1n) is 10.6. The van der Waals surface area contributed by atoms with Crippen LogP contribution in [0, 0.1) is 0 Å².